The van der Waals surface area contributed by atoms with Gasteiger partial charge in [-0.3, -0.25) is 4.90 Å². The molecule has 0 atom stereocenters. The third kappa shape index (κ3) is 2.88. The molecule has 0 unspecified atom stereocenters. The van der Waals surface area contributed by atoms with Gasteiger partial charge in [0.15, 0.2) is 0 Å². The van der Waals surface area contributed by atoms with Gasteiger partial charge in [0.25, 0.3) is 0 Å². The summed E-state index contributed by atoms with van der Waals surface area (Å²) < 4.78 is 1.17. The van der Waals surface area contributed by atoms with E-state index < -0.39 is 0 Å². The summed E-state index contributed by atoms with van der Waals surface area (Å²) in [6.07, 6.45) is 0. The van der Waals surface area contributed by atoms with E-state index in [2.05, 4.69) is 71.6 Å². The Morgan fingerprint density at radius 1 is 1.24 bits per heavy atom. The van der Waals surface area contributed by atoms with E-state index in [1.807, 2.05) is 0 Å². The maximum absolute atomic E-state index is 3.54. The Morgan fingerprint density at radius 3 is 2.47 bits per heavy atom. The Morgan fingerprint density at radius 2 is 1.88 bits per heavy atom. The van der Waals surface area contributed by atoms with Crippen molar-refractivity contribution in [1.82, 2.24) is 4.90 Å². The molecule has 1 aromatic rings. The van der Waals surface area contributed by atoms with E-state index in [0.717, 1.165) is 0 Å². The number of hydrogen-bond acceptors (Lipinski definition) is 2. The summed E-state index contributed by atoms with van der Waals surface area (Å²) in [6, 6.07) is 6.64. The van der Waals surface area contributed by atoms with Gasteiger partial charge in [-0.1, -0.05) is 22.0 Å². The number of nitrogens with zero attached hydrogens (tertiary/aromatic N) is 1. The first kappa shape index (κ1) is 13.4. The summed E-state index contributed by atoms with van der Waals surface area (Å²) in [7, 11) is 0. The first-order valence-electron chi connectivity index (χ1n) is 6.11. The molecule has 1 aliphatic rings. The fraction of sp³-hybridized carbons (Fsp3) is 0.571. The normalized spacial score (nSPS) is 18.4. The van der Waals surface area contributed by atoms with E-state index in [0.29, 0.717) is 0 Å². The molecule has 1 aliphatic heterocycles. The predicted molar refractivity (Wildman–Crippen MR) is 80.8 cm³/mol. The summed E-state index contributed by atoms with van der Waals surface area (Å²) in [5, 5.41) is 0. The van der Waals surface area contributed by atoms with Gasteiger partial charge in [-0.05, 0) is 44.0 Å². The van der Waals surface area contributed by atoms with Crippen LogP contribution in [0.25, 0.3) is 0 Å². The lowest BCUT2D eigenvalue weighted by Crippen LogP contribution is -2.46. The highest BCUT2D eigenvalue weighted by molar-refractivity contribution is 9.10. The summed E-state index contributed by atoms with van der Waals surface area (Å²) in [6.45, 7) is 9.30. The van der Waals surface area contributed by atoms with Crippen molar-refractivity contribution in [3.8, 4) is 0 Å². The van der Waals surface area contributed by atoms with E-state index in [-0.39, 0.29) is 5.54 Å². The number of halogens is 1. The molecule has 0 aliphatic carbocycles. The molecule has 1 heterocycles. The summed E-state index contributed by atoms with van der Waals surface area (Å²) in [5.74, 6) is 2.53. The number of hydrogen-bond donors (Lipinski definition) is 0. The second-order valence-corrected chi connectivity index (χ2v) is 7.26. The lowest BCUT2D eigenvalue weighted by atomic mass is 9.88. The maximum Gasteiger partial charge on any atom is 0.0407 e. The summed E-state index contributed by atoms with van der Waals surface area (Å²) in [4.78, 5) is 2.61. The molecular formula is C14H20BrNS. The smallest absolute Gasteiger partial charge is 0.0407 e. The standard InChI is InChI=1S/C14H20BrNS/c1-11-10-12(15)4-5-13(11)14(2,3)16-6-8-17-9-7-16/h4-5,10H,6-9H2,1-3H3. The lowest BCUT2D eigenvalue weighted by Gasteiger charge is -2.42. The van der Waals surface area contributed by atoms with E-state index in [9.17, 15) is 0 Å². The SMILES string of the molecule is Cc1cc(Br)ccc1C(C)(C)N1CCSCC1. The average molecular weight is 314 g/mol. The molecular weight excluding hydrogens is 294 g/mol. The van der Waals surface area contributed by atoms with E-state index in [1.54, 1.807) is 0 Å². The van der Waals surface area contributed by atoms with Gasteiger partial charge in [-0.15, -0.1) is 0 Å². The molecule has 1 aromatic carbocycles. The van der Waals surface area contributed by atoms with Gasteiger partial charge < -0.3 is 0 Å². The zero-order valence-electron chi connectivity index (χ0n) is 10.8. The Bertz CT molecular complexity index is 397. The number of thioether (sulfide) groups is 1. The molecule has 0 amide bonds. The molecule has 0 saturated carbocycles. The minimum Gasteiger partial charge on any atom is -0.293 e. The third-order valence-electron chi connectivity index (χ3n) is 3.65. The van der Waals surface area contributed by atoms with Crippen LogP contribution in [0.2, 0.25) is 0 Å². The van der Waals surface area contributed by atoms with Crippen molar-refractivity contribution in [2.24, 2.45) is 0 Å². The highest BCUT2D eigenvalue weighted by Gasteiger charge is 2.30. The number of rotatable bonds is 2. The fourth-order valence-corrected chi connectivity index (χ4v) is 3.98. The van der Waals surface area contributed by atoms with Crippen LogP contribution in [0, 0.1) is 6.92 Å². The van der Waals surface area contributed by atoms with Gasteiger partial charge in [0.1, 0.15) is 0 Å². The first-order chi connectivity index (χ1) is 8.01. The minimum atomic E-state index is 0.145. The molecule has 0 spiro atoms. The average Bonchev–Trinajstić information content (AvgIpc) is 2.29. The van der Waals surface area contributed by atoms with Crippen LogP contribution in [0.3, 0.4) is 0 Å². The summed E-state index contributed by atoms with van der Waals surface area (Å²) in [5.41, 5.74) is 2.97. The molecule has 1 saturated heterocycles. The zero-order valence-corrected chi connectivity index (χ0v) is 13.2. The molecule has 1 nitrogen and oxygen atoms in total. The second kappa shape index (κ2) is 5.33. The van der Waals surface area contributed by atoms with Gasteiger partial charge in [0.05, 0.1) is 0 Å². The van der Waals surface area contributed by atoms with Crippen molar-refractivity contribution >= 4 is 27.7 Å². The van der Waals surface area contributed by atoms with Gasteiger partial charge in [0, 0.05) is 34.6 Å². The molecule has 94 valence electrons. The van der Waals surface area contributed by atoms with Crippen LogP contribution in [-0.4, -0.2) is 29.5 Å². The van der Waals surface area contributed by atoms with E-state index >= 15 is 0 Å². The highest BCUT2D eigenvalue weighted by atomic mass is 79.9. The van der Waals surface area contributed by atoms with Crippen molar-refractivity contribution in [3.05, 3.63) is 33.8 Å². The quantitative estimate of drug-likeness (QED) is 0.810. The van der Waals surface area contributed by atoms with Crippen LogP contribution in [0.4, 0.5) is 0 Å². The van der Waals surface area contributed by atoms with Gasteiger partial charge in [0.2, 0.25) is 0 Å². The Kier molecular flexibility index (Phi) is 4.22. The maximum atomic E-state index is 3.54. The predicted octanol–water partition coefficient (Wildman–Crippen LogP) is 4.04. The Labute approximate surface area is 117 Å². The second-order valence-electron chi connectivity index (χ2n) is 5.12. The number of aryl methyl sites for hydroxylation is 1. The Hall–Kier alpha value is 0.01000. The molecule has 2 rings (SSSR count). The fourth-order valence-electron chi connectivity index (χ4n) is 2.61. The molecule has 0 aromatic heterocycles. The van der Waals surface area contributed by atoms with Crippen LogP contribution in [0.1, 0.15) is 25.0 Å². The largest absolute Gasteiger partial charge is 0.293 e. The van der Waals surface area contributed by atoms with Crippen molar-refractivity contribution in [2.45, 2.75) is 26.3 Å². The van der Waals surface area contributed by atoms with E-state index in [4.69, 9.17) is 0 Å². The monoisotopic (exact) mass is 313 g/mol. The summed E-state index contributed by atoms with van der Waals surface area (Å²) >= 11 is 5.61. The van der Waals surface area contributed by atoms with Crippen LogP contribution >= 0.6 is 27.7 Å². The lowest BCUT2D eigenvalue weighted by molar-refractivity contribution is 0.133. The molecule has 1 fully saturated rings. The first-order valence-corrected chi connectivity index (χ1v) is 8.06. The van der Waals surface area contributed by atoms with Gasteiger partial charge in [-0.2, -0.15) is 11.8 Å². The highest BCUT2D eigenvalue weighted by Crippen LogP contribution is 2.33. The third-order valence-corrected chi connectivity index (χ3v) is 5.08. The van der Waals surface area contributed by atoms with Crippen molar-refractivity contribution in [3.63, 3.8) is 0 Å². The molecule has 0 N–H and O–H groups in total. The number of benzene rings is 1. The topological polar surface area (TPSA) is 3.24 Å². The van der Waals surface area contributed by atoms with Crippen LogP contribution in [0.5, 0.6) is 0 Å². The molecule has 3 heteroatoms. The zero-order chi connectivity index (χ0) is 12.5. The van der Waals surface area contributed by atoms with Gasteiger partial charge in [-0.25, -0.2) is 0 Å². The van der Waals surface area contributed by atoms with Crippen molar-refractivity contribution in [1.29, 1.82) is 0 Å². The van der Waals surface area contributed by atoms with Crippen LogP contribution in [0.15, 0.2) is 22.7 Å². The van der Waals surface area contributed by atoms with Crippen molar-refractivity contribution in [2.75, 3.05) is 24.6 Å². The van der Waals surface area contributed by atoms with E-state index in [1.165, 1.54) is 40.2 Å². The van der Waals surface area contributed by atoms with Crippen molar-refractivity contribution < 1.29 is 0 Å². The molecule has 0 bridgehead atoms. The van der Waals surface area contributed by atoms with Crippen LogP contribution < -0.4 is 0 Å². The van der Waals surface area contributed by atoms with Crippen LogP contribution in [-0.2, 0) is 5.54 Å². The minimum absolute atomic E-state index is 0.145. The van der Waals surface area contributed by atoms with Gasteiger partial charge >= 0.3 is 0 Å². The molecule has 17 heavy (non-hydrogen) atoms. The molecule has 0 radical (unpaired) electrons. The Balaban J connectivity index is 2.29.